The predicted octanol–water partition coefficient (Wildman–Crippen LogP) is 6.15. The van der Waals surface area contributed by atoms with Crippen molar-refractivity contribution < 1.29 is 14.1 Å². The van der Waals surface area contributed by atoms with Crippen LogP contribution in [0.15, 0.2) is 53.1 Å². The molecule has 0 radical (unpaired) electrons. The number of nitrogens with zero attached hydrogens (tertiary/aromatic N) is 2. The van der Waals surface area contributed by atoms with Crippen LogP contribution in [0.25, 0.3) is 11.3 Å². The maximum Gasteiger partial charge on any atom is 0.243 e. The van der Waals surface area contributed by atoms with Gasteiger partial charge < -0.3 is 20.3 Å². The highest BCUT2D eigenvalue weighted by molar-refractivity contribution is 7.19. The summed E-state index contributed by atoms with van der Waals surface area (Å²) in [5, 5.41) is 17.9. The van der Waals surface area contributed by atoms with Gasteiger partial charge in [0, 0.05) is 22.3 Å². The molecule has 4 aromatic rings. The lowest BCUT2D eigenvalue weighted by Gasteiger charge is -2.05. The molecule has 0 atom stereocenters. The van der Waals surface area contributed by atoms with Gasteiger partial charge in [0.05, 0.1) is 17.8 Å². The van der Waals surface area contributed by atoms with Crippen LogP contribution in [0.5, 0.6) is 5.75 Å². The first-order valence-corrected chi connectivity index (χ1v) is 10.7. The number of methoxy groups -OCH3 is 1. The van der Waals surface area contributed by atoms with Crippen LogP contribution in [0.2, 0.25) is 10.0 Å². The molecule has 4 rings (SSSR count). The third-order valence-corrected chi connectivity index (χ3v) is 6.22. The molecular formula is C22H14Cl2N4O3S. The summed E-state index contributed by atoms with van der Waals surface area (Å²) in [5.74, 6) is 0.176. The molecule has 0 bridgehead atoms. The van der Waals surface area contributed by atoms with E-state index in [2.05, 4.69) is 10.5 Å². The number of nitriles is 1. The highest BCUT2D eigenvalue weighted by atomic mass is 35.5. The van der Waals surface area contributed by atoms with Gasteiger partial charge in [-0.25, -0.2) is 0 Å². The van der Waals surface area contributed by atoms with Crippen molar-refractivity contribution in [3.05, 3.63) is 74.8 Å². The molecule has 0 aliphatic heterocycles. The fraction of sp³-hybridized carbons (Fsp3) is 0.0455. The zero-order chi connectivity index (χ0) is 22.8. The highest BCUT2D eigenvalue weighted by Crippen LogP contribution is 2.39. The van der Waals surface area contributed by atoms with Crippen molar-refractivity contribution in [2.24, 2.45) is 0 Å². The number of carbonyl (C=O) groups is 1. The van der Waals surface area contributed by atoms with Crippen molar-refractivity contribution in [2.45, 2.75) is 0 Å². The van der Waals surface area contributed by atoms with Crippen LogP contribution >= 0.6 is 34.5 Å². The number of nitrogen functional groups attached to an aromatic ring is 1. The molecule has 0 aliphatic carbocycles. The third-order valence-electron chi connectivity index (χ3n) is 4.55. The van der Waals surface area contributed by atoms with E-state index in [1.165, 1.54) is 6.07 Å². The van der Waals surface area contributed by atoms with Gasteiger partial charge in [-0.15, -0.1) is 11.3 Å². The minimum absolute atomic E-state index is 0.0283. The van der Waals surface area contributed by atoms with Crippen molar-refractivity contribution >= 4 is 56.7 Å². The number of anilines is 3. The number of carbonyl (C=O) groups excluding carboxylic acids is 1. The van der Waals surface area contributed by atoms with E-state index >= 15 is 0 Å². The maximum atomic E-state index is 13.1. The number of hydrogen-bond acceptors (Lipinski definition) is 8. The lowest BCUT2D eigenvalue weighted by molar-refractivity contribution is 0.100. The quantitative estimate of drug-likeness (QED) is 0.315. The van der Waals surface area contributed by atoms with Crippen LogP contribution in [0, 0.1) is 11.3 Å². The summed E-state index contributed by atoms with van der Waals surface area (Å²) in [5.41, 5.74) is 8.02. The molecule has 10 heteroatoms. The van der Waals surface area contributed by atoms with Gasteiger partial charge in [-0.1, -0.05) is 28.4 Å². The number of halogens is 2. The monoisotopic (exact) mass is 484 g/mol. The van der Waals surface area contributed by atoms with Crippen LogP contribution < -0.4 is 15.8 Å². The summed E-state index contributed by atoms with van der Waals surface area (Å²) >= 11 is 13.2. The Hall–Kier alpha value is -3.51. The number of nitrogens with one attached hydrogen (secondary N) is 1. The average Bonchev–Trinajstić information content (AvgIpc) is 3.38. The number of benzene rings is 2. The third kappa shape index (κ3) is 4.14. The molecular weight excluding hydrogens is 471 g/mol. The SMILES string of the molecule is COc1ccc(Nc2sc(C(=O)c3cc(-c4ccc(Cl)cc4Cl)no3)c(N)c2C#N)cc1. The van der Waals surface area contributed by atoms with Crippen molar-refractivity contribution in [1.29, 1.82) is 5.26 Å². The fourth-order valence-corrected chi connectivity index (χ4v) is 4.48. The van der Waals surface area contributed by atoms with E-state index in [9.17, 15) is 10.1 Å². The molecule has 0 saturated heterocycles. The molecule has 7 nitrogen and oxygen atoms in total. The standard InChI is InChI=1S/C22H14Cl2N4O3S/c1-30-13-5-3-12(4-6-13)27-22-15(10-25)19(26)21(32-22)20(29)18-9-17(28-31-18)14-7-2-11(23)8-16(14)24/h2-9,27H,26H2,1H3. The second-order valence-electron chi connectivity index (χ2n) is 6.54. The lowest BCUT2D eigenvalue weighted by Crippen LogP contribution is -2.01. The van der Waals surface area contributed by atoms with Crippen molar-refractivity contribution in [3.8, 4) is 23.1 Å². The Morgan fingerprint density at radius 1 is 1.22 bits per heavy atom. The van der Waals surface area contributed by atoms with Gasteiger partial charge >= 0.3 is 0 Å². The number of hydrogen-bond donors (Lipinski definition) is 2. The van der Waals surface area contributed by atoms with Gasteiger partial charge in [0.1, 0.15) is 33.0 Å². The van der Waals surface area contributed by atoms with E-state index in [0.717, 1.165) is 11.3 Å². The van der Waals surface area contributed by atoms with Crippen LogP contribution in [-0.4, -0.2) is 18.0 Å². The van der Waals surface area contributed by atoms with Crippen LogP contribution in [-0.2, 0) is 0 Å². The van der Waals surface area contributed by atoms with Crippen molar-refractivity contribution in [1.82, 2.24) is 5.16 Å². The molecule has 32 heavy (non-hydrogen) atoms. The summed E-state index contributed by atoms with van der Waals surface area (Å²) in [6.45, 7) is 0. The minimum atomic E-state index is -0.490. The predicted molar refractivity (Wildman–Crippen MR) is 125 cm³/mol. The summed E-state index contributed by atoms with van der Waals surface area (Å²) in [6, 6.07) is 15.6. The van der Waals surface area contributed by atoms with Crippen LogP contribution in [0.4, 0.5) is 16.4 Å². The number of thiophene rings is 1. The topological polar surface area (TPSA) is 114 Å². The Morgan fingerprint density at radius 3 is 2.62 bits per heavy atom. The van der Waals surface area contributed by atoms with E-state index in [0.29, 0.717) is 37.7 Å². The van der Waals surface area contributed by atoms with Gasteiger partial charge in [-0.05, 0) is 42.5 Å². The van der Waals surface area contributed by atoms with Gasteiger partial charge in [0.25, 0.3) is 0 Å². The zero-order valence-electron chi connectivity index (χ0n) is 16.5. The molecule has 0 aliphatic rings. The number of aromatic nitrogens is 1. The lowest BCUT2D eigenvalue weighted by atomic mass is 10.1. The summed E-state index contributed by atoms with van der Waals surface area (Å²) < 4.78 is 10.4. The Kier molecular flexibility index (Phi) is 6.06. The summed E-state index contributed by atoms with van der Waals surface area (Å²) in [6.07, 6.45) is 0. The molecule has 0 amide bonds. The van der Waals surface area contributed by atoms with E-state index in [1.807, 2.05) is 6.07 Å². The molecule has 3 N–H and O–H groups in total. The fourth-order valence-electron chi connectivity index (χ4n) is 2.94. The van der Waals surface area contributed by atoms with E-state index in [-0.39, 0.29) is 21.9 Å². The number of nitrogens with two attached hydrogens (primary N) is 1. The summed E-state index contributed by atoms with van der Waals surface area (Å²) in [7, 11) is 1.57. The molecule has 0 unspecified atom stereocenters. The Labute approximate surface area is 196 Å². The van der Waals surface area contributed by atoms with Gasteiger partial charge in [0.2, 0.25) is 11.5 Å². The number of rotatable bonds is 6. The molecule has 160 valence electrons. The van der Waals surface area contributed by atoms with Gasteiger partial charge in [-0.2, -0.15) is 5.26 Å². The molecule has 0 saturated carbocycles. The first-order valence-electron chi connectivity index (χ1n) is 9.11. The zero-order valence-corrected chi connectivity index (χ0v) is 18.8. The number of ketones is 1. The Balaban J connectivity index is 1.64. The maximum absolute atomic E-state index is 13.1. The summed E-state index contributed by atoms with van der Waals surface area (Å²) in [4.78, 5) is 13.2. The molecule has 2 heterocycles. The Bertz CT molecular complexity index is 1360. The largest absolute Gasteiger partial charge is 0.497 e. The van der Waals surface area contributed by atoms with E-state index in [1.54, 1.807) is 49.6 Å². The van der Waals surface area contributed by atoms with Gasteiger partial charge in [0.15, 0.2) is 0 Å². The first-order chi connectivity index (χ1) is 15.4. The minimum Gasteiger partial charge on any atom is -0.497 e. The van der Waals surface area contributed by atoms with E-state index < -0.39 is 5.78 Å². The average molecular weight is 485 g/mol. The van der Waals surface area contributed by atoms with Crippen LogP contribution in [0.3, 0.4) is 0 Å². The van der Waals surface area contributed by atoms with E-state index in [4.69, 9.17) is 38.2 Å². The highest BCUT2D eigenvalue weighted by Gasteiger charge is 2.25. The van der Waals surface area contributed by atoms with Gasteiger partial charge in [-0.3, -0.25) is 4.79 Å². The molecule has 2 aromatic heterocycles. The number of ether oxygens (including phenoxy) is 1. The second-order valence-corrected chi connectivity index (χ2v) is 8.41. The Morgan fingerprint density at radius 2 is 1.97 bits per heavy atom. The second kappa shape index (κ2) is 8.93. The molecule has 2 aromatic carbocycles. The first kappa shape index (κ1) is 21.7. The van der Waals surface area contributed by atoms with Crippen molar-refractivity contribution in [3.63, 3.8) is 0 Å². The smallest absolute Gasteiger partial charge is 0.243 e. The normalized spacial score (nSPS) is 10.6. The molecule has 0 spiro atoms. The molecule has 0 fully saturated rings. The van der Waals surface area contributed by atoms with Crippen LogP contribution in [0.1, 0.15) is 21.0 Å². The van der Waals surface area contributed by atoms with Crippen molar-refractivity contribution in [2.75, 3.05) is 18.2 Å².